The fourth-order valence-corrected chi connectivity index (χ4v) is 3.14. The Morgan fingerprint density at radius 2 is 2.32 bits per heavy atom. The molecule has 2 aromatic rings. The number of rotatable bonds is 3. The molecule has 0 radical (unpaired) electrons. The summed E-state index contributed by atoms with van der Waals surface area (Å²) >= 11 is 6.16. The third-order valence-corrected chi connectivity index (χ3v) is 4.32. The Balaban J connectivity index is 1.89. The van der Waals surface area contributed by atoms with Crippen molar-refractivity contribution in [2.24, 2.45) is 5.92 Å². The van der Waals surface area contributed by atoms with Crippen LogP contribution in [0.2, 0.25) is 5.02 Å². The second-order valence-electron chi connectivity index (χ2n) is 5.24. The molecule has 3 rings (SSSR count). The molecule has 1 aliphatic heterocycles. The summed E-state index contributed by atoms with van der Waals surface area (Å²) in [6.07, 6.45) is 1.23. The van der Waals surface area contributed by atoms with Crippen molar-refractivity contribution in [3.63, 3.8) is 0 Å². The highest BCUT2D eigenvalue weighted by molar-refractivity contribution is 6.35. The smallest absolute Gasteiger partial charge is 0.201 e. The van der Waals surface area contributed by atoms with Crippen molar-refractivity contribution in [2.75, 3.05) is 25.4 Å². The number of para-hydroxylation sites is 1. The van der Waals surface area contributed by atoms with Crippen LogP contribution in [0.5, 0.6) is 0 Å². The van der Waals surface area contributed by atoms with Gasteiger partial charge in [0.2, 0.25) is 5.95 Å². The van der Waals surface area contributed by atoms with E-state index in [4.69, 9.17) is 17.3 Å². The molecule has 0 bridgehead atoms. The number of aromatic nitrogens is 2. The van der Waals surface area contributed by atoms with Crippen LogP contribution in [-0.2, 0) is 6.54 Å². The quantitative estimate of drug-likeness (QED) is 0.939. The number of likely N-dealkylation sites (tertiary alicyclic amines) is 1. The molecular formula is C14H19ClN4. The van der Waals surface area contributed by atoms with Crippen molar-refractivity contribution in [1.82, 2.24) is 14.5 Å². The van der Waals surface area contributed by atoms with Crippen molar-refractivity contribution in [1.29, 1.82) is 0 Å². The van der Waals surface area contributed by atoms with Gasteiger partial charge in [0, 0.05) is 13.1 Å². The third-order valence-electron chi connectivity index (χ3n) is 4.02. The van der Waals surface area contributed by atoms with E-state index < -0.39 is 0 Å². The summed E-state index contributed by atoms with van der Waals surface area (Å²) in [6.45, 7) is 6.61. The van der Waals surface area contributed by atoms with E-state index in [0.29, 0.717) is 16.9 Å². The summed E-state index contributed by atoms with van der Waals surface area (Å²) in [5, 5.41) is 0.671. The predicted molar refractivity (Wildman–Crippen MR) is 79.4 cm³/mol. The first-order valence-corrected chi connectivity index (χ1v) is 7.19. The van der Waals surface area contributed by atoms with Crippen LogP contribution in [0.15, 0.2) is 18.2 Å². The molecule has 1 unspecified atom stereocenters. The first-order valence-electron chi connectivity index (χ1n) is 6.81. The molecule has 2 heterocycles. The Bertz CT molecular complexity index is 592. The average Bonchev–Trinajstić information content (AvgIpc) is 2.97. The van der Waals surface area contributed by atoms with Gasteiger partial charge in [-0.25, -0.2) is 4.98 Å². The predicted octanol–water partition coefficient (Wildman–Crippen LogP) is 2.61. The van der Waals surface area contributed by atoms with Crippen LogP contribution < -0.4 is 5.73 Å². The van der Waals surface area contributed by atoms with Crippen molar-refractivity contribution in [2.45, 2.75) is 19.9 Å². The van der Waals surface area contributed by atoms with Gasteiger partial charge in [-0.15, -0.1) is 0 Å². The number of nitrogens with zero attached hydrogens (tertiary/aromatic N) is 3. The number of anilines is 1. The third kappa shape index (κ3) is 2.30. The molecule has 2 N–H and O–H groups in total. The standard InChI is InChI=1S/C14H19ClN4/c1-2-18-7-6-10(8-18)9-19-12-5-3-4-11(15)13(12)17-14(19)16/h3-5,10H,2,6-9H2,1H3,(H2,16,17). The summed E-state index contributed by atoms with van der Waals surface area (Å²) < 4.78 is 2.10. The molecule has 0 saturated carbocycles. The van der Waals surface area contributed by atoms with Crippen molar-refractivity contribution < 1.29 is 0 Å². The van der Waals surface area contributed by atoms with E-state index in [0.717, 1.165) is 30.7 Å². The van der Waals surface area contributed by atoms with Crippen molar-refractivity contribution in [3.8, 4) is 0 Å². The van der Waals surface area contributed by atoms with Gasteiger partial charge in [0.1, 0.15) is 5.52 Å². The van der Waals surface area contributed by atoms with Gasteiger partial charge in [0.05, 0.1) is 10.5 Å². The zero-order valence-electron chi connectivity index (χ0n) is 11.1. The van der Waals surface area contributed by atoms with E-state index in [2.05, 4.69) is 21.4 Å². The lowest BCUT2D eigenvalue weighted by atomic mass is 10.1. The Kier molecular flexibility index (Phi) is 3.37. The summed E-state index contributed by atoms with van der Waals surface area (Å²) in [5.41, 5.74) is 7.90. The van der Waals surface area contributed by atoms with E-state index in [1.807, 2.05) is 18.2 Å². The van der Waals surface area contributed by atoms with Gasteiger partial charge in [0.25, 0.3) is 0 Å². The summed E-state index contributed by atoms with van der Waals surface area (Å²) in [7, 11) is 0. The highest BCUT2D eigenvalue weighted by Gasteiger charge is 2.23. The van der Waals surface area contributed by atoms with Gasteiger partial charge in [-0.2, -0.15) is 0 Å². The number of hydrogen-bond acceptors (Lipinski definition) is 3. The van der Waals surface area contributed by atoms with Crippen molar-refractivity contribution in [3.05, 3.63) is 23.2 Å². The van der Waals surface area contributed by atoms with Crippen LogP contribution in [-0.4, -0.2) is 34.1 Å². The maximum absolute atomic E-state index is 6.16. The Morgan fingerprint density at radius 1 is 1.47 bits per heavy atom. The highest BCUT2D eigenvalue weighted by Crippen LogP contribution is 2.27. The lowest BCUT2D eigenvalue weighted by molar-refractivity contribution is 0.334. The van der Waals surface area contributed by atoms with Crippen LogP contribution in [0.3, 0.4) is 0 Å². The molecule has 0 aliphatic carbocycles. The fourth-order valence-electron chi connectivity index (χ4n) is 2.93. The molecule has 102 valence electrons. The molecule has 1 fully saturated rings. The Hall–Kier alpha value is -1.26. The number of fused-ring (bicyclic) bond motifs is 1. The van der Waals surface area contributed by atoms with Gasteiger partial charge in [-0.3, -0.25) is 0 Å². The zero-order chi connectivity index (χ0) is 13.4. The lowest BCUT2D eigenvalue weighted by Gasteiger charge is -2.14. The molecule has 4 nitrogen and oxygen atoms in total. The van der Waals surface area contributed by atoms with Crippen LogP contribution in [0, 0.1) is 5.92 Å². The van der Waals surface area contributed by atoms with Gasteiger partial charge in [-0.1, -0.05) is 24.6 Å². The average molecular weight is 279 g/mol. The minimum absolute atomic E-state index is 0.568. The molecule has 1 aromatic carbocycles. The number of hydrogen-bond donors (Lipinski definition) is 1. The van der Waals surface area contributed by atoms with Gasteiger partial charge in [0.15, 0.2) is 0 Å². The first-order chi connectivity index (χ1) is 9.19. The number of nitrogen functional groups attached to an aromatic ring is 1. The molecular weight excluding hydrogens is 260 g/mol. The van der Waals surface area contributed by atoms with E-state index in [1.165, 1.54) is 13.0 Å². The summed E-state index contributed by atoms with van der Waals surface area (Å²) in [5.74, 6) is 1.22. The van der Waals surface area contributed by atoms with Crippen LogP contribution >= 0.6 is 11.6 Å². The van der Waals surface area contributed by atoms with E-state index in [9.17, 15) is 0 Å². The Morgan fingerprint density at radius 3 is 3.05 bits per heavy atom. The number of imidazole rings is 1. The monoisotopic (exact) mass is 278 g/mol. The normalized spacial score (nSPS) is 20.4. The molecule has 1 aliphatic rings. The highest BCUT2D eigenvalue weighted by atomic mass is 35.5. The maximum atomic E-state index is 6.16. The van der Waals surface area contributed by atoms with Gasteiger partial charge < -0.3 is 15.2 Å². The lowest BCUT2D eigenvalue weighted by Crippen LogP contribution is -2.21. The second kappa shape index (κ2) is 5.02. The van der Waals surface area contributed by atoms with Crippen LogP contribution in [0.4, 0.5) is 5.95 Å². The molecule has 19 heavy (non-hydrogen) atoms. The fraction of sp³-hybridized carbons (Fsp3) is 0.500. The molecule has 1 saturated heterocycles. The van der Waals surface area contributed by atoms with E-state index >= 15 is 0 Å². The van der Waals surface area contributed by atoms with E-state index in [1.54, 1.807) is 0 Å². The van der Waals surface area contributed by atoms with Crippen LogP contribution in [0.25, 0.3) is 11.0 Å². The number of nitrogens with two attached hydrogens (primary N) is 1. The largest absolute Gasteiger partial charge is 0.369 e. The molecule has 1 atom stereocenters. The second-order valence-corrected chi connectivity index (χ2v) is 5.64. The zero-order valence-corrected chi connectivity index (χ0v) is 11.9. The maximum Gasteiger partial charge on any atom is 0.201 e. The number of halogens is 1. The topological polar surface area (TPSA) is 47.1 Å². The molecule has 0 amide bonds. The minimum Gasteiger partial charge on any atom is -0.369 e. The van der Waals surface area contributed by atoms with Crippen molar-refractivity contribution >= 4 is 28.6 Å². The summed E-state index contributed by atoms with van der Waals surface area (Å²) in [4.78, 5) is 6.87. The minimum atomic E-state index is 0.568. The van der Waals surface area contributed by atoms with Gasteiger partial charge >= 0.3 is 0 Å². The molecule has 0 spiro atoms. The summed E-state index contributed by atoms with van der Waals surface area (Å²) in [6, 6.07) is 5.85. The Labute approximate surface area is 118 Å². The van der Waals surface area contributed by atoms with E-state index in [-0.39, 0.29) is 0 Å². The molecule has 5 heteroatoms. The molecule has 1 aromatic heterocycles. The SMILES string of the molecule is CCN1CCC(Cn2c(N)nc3c(Cl)cccc32)C1. The first kappa shape index (κ1) is 12.8. The number of benzene rings is 1. The van der Waals surface area contributed by atoms with Gasteiger partial charge in [-0.05, 0) is 37.6 Å². The van der Waals surface area contributed by atoms with Crippen LogP contribution in [0.1, 0.15) is 13.3 Å².